The second kappa shape index (κ2) is 3.54. The Kier molecular flexibility index (Phi) is 1.83. The molecule has 2 atom stereocenters. The lowest BCUT2D eigenvalue weighted by atomic mass is 9.83. The Labute approximate surface area is 116 Å². The summed E-state index contributed by atoms with van der Waals surface area (Å²) in [7, 11) is 0. The van der Waals surface area contributed by atoms with Crippen LogP contribution in [0.5, 0.6) is 0 Å². The molecular formula is C18H13NO. The molecule has 1 N–H and O–H groups in total. The molecule has 2 heteroatoms. The van der Waals surface area contributed by atoms with E-state index in [9.17, 15) is 0 Å². The number of para-hydroxylation sites is 2. The molecule has 1 aromatic heterocycles. The van der Waals surface area contributed by atoms with E-state index in [2.05, 4.69) is 53.9 Å². The maximum atomic E-state index is 6.00. The van der Waals surface area contributed by atoms with Crippen molar-refractivity contribution in [2.24, 2.45) is 0 Å². The number of hydrogen-bond donors (Lipinski definition) is 1. The molecular weight excluding hydrogens is 246 g/mol. The highest BCUT2D eigenvalue weighted by molar-refractivity contribution is 5.88. The molecule has 2 heterocycles. The van der Waals surface area contributed by atoms with Gasteiger partial charge in [0.05, 0.1) is 6.04 Å². The minimum Gasteiger partial charge on any atom is -0.456 e. The van der Waals surface area contributed by atoms with Crippen LogP contribution in [-0.4, -0.2) is 6.04 Å². The van der Waals surface area contributed by atoms with Crippen molar-refractivity contribution in [2.75, 3.05) is 5.32 Å². The summed E-state index contributed by atoms with van der Waals surface area (Å²) in [4.78, 5) is 0. The molecule has 0 saturated heterocycles. The average molecular weight is 259 g/mol. The topological polar surface area (TPSA) is 25.2 Å². The van der Waals surface area contributed by atoms with Crippen molar-refractivity contribution in [3.8, 4) is 0 Å². The average Bonchev–Trinajstić information content (AvgIpc) is 3.04. The molecule has 0 spiro atoms. The number of fused-ring (bicyclic) bond motifs is 7. The van der Waals surface area contributed by atoms with Crippen LogP contribution in [0.25, 0.3) is 17.0 Å². The van der Waals surface area contributed by atoms with Crippen molar-refractivity contribution < 1.29 is 4.42 Å². The molecule has 1 aliphatic carbocycles. The van der Waals surface area contributed by atoms with E-state index in [1.54, 1.807) is 0 Å². The molecule has 0 fully saturated rings. The minimum atomic E-state index is 0.334. The van der Waals surface area contributed by atoms with Crippen LogP contribution >= 0.6 is 0 Å². The van der Waals surface area contributed by atoms with Gasteiger partial charge >= 0.3 is 0 Å². The van der Waals surface area contributed by atoms with Crippen molar-refractivity contribution in [1.29, 1.82) is 0 Å². The van der Waals surface area contributed by atoms with E-state index in [1.165, 1.54) is 22.2 Å². The Morgan fingerprint density at radius 1 is 0.950 bits per heavy atom. The Morgan fingerprint density at radius 3 is 2.80 bits per heavy atom. The van der Waals surface area contributed by atoms with Gasteiger partial charge in [0, 0.05) is 22.6 Å². The van der Waals surface area contributed by atoms with Crippen LogP contribution in [0.2, 0.25) is 0 Å². The van der Waals surface area contributed by atoms with E-state index in [4.69, 9.17) is 4.42 Å². The molecule has 2 nitrogen and oxygen atoms in total. The van der Waals surface area contributed by atoms with E-state index in [0.717, 1.165) is 11.3 Å². The standard InChI is InChI=1S/C18H13NO/c1-3-7-13-11(5-1)17-14(19-13)9-10-16-18(17)12-6-2-4-8-15(12)20-16/h1-10,14,17,19H. The third kappa shape index (κ3) is 1.19. The largest absolute Gasteiger partial charge is 0.456 e. The van der Waals surface area contributed by atoms with Crippen LogP contribution in [0.15, 0.2) is 59.0 Å². The van der Waals surface area contributed by atoms with E-state index < -0.39 is 0 Å². The summed E-state index contributed by atoms with van der Waals surface area (Å²) in [5, 5.41) is 4.84. The van der Waals surface area contributed by atoms with Crippen LogP contribution < -0.4 is 5.32 Å². The summed E-state index contributed by atoms with van der Waals surface area (Å²) in [6, 6.07) is 17.2. The second-order valence-electron chi connectivity index (χ2n) is 5.47. The number of nitrogens with one attached hydrogen (secondary N) is 1. The van der Waals surface area contributed by atoms with Gasteiger partial charge in [-0.2, -0.15) is 0 Å². The number of hydrogen-bond acceptors (Lipinski definition) is 2. The quantitative estimate of drug-likeness (QED) is 0.648. The smallest absolute Gasteiger partial charge is 0.135 e. The molecule has 1 aliphatic heterocycles. The van der Waals surface area contributed by atoms with Gasteiger partial charge in [-0.3, -0.25) is 0 Å². The van der Waals surface area contributed by atoms with E-state index in [1.807, 2.05) is 12.1 Å². The third-order valence-corrected chi connectivity index (χ3v) is 4.41. The van der Waals surface area contributed by atoms with Gasteiger partial charge in [-0.25, -0.2) is 0 Å². The Morgan fingerprint density at radius 2 is 1.80 bits per heavy atom. The summed E-state index contributed by atoms with van der Waals surface area (Å²) in [5.41, 5.74) is 4.91. The third-order valence-electron chi connectivity index (χ3n) is 4.41. The first-order valence-corrected chi connectivity index (χ1v) is 6.97. The Balaban J connectivity index is 1.85. The molecule has 20 heavy (non-hydrogen) atoms. The highest BCUT2D eigenvalue weighted by Gasteiger charge is 2.37. The summed E-state index contributed by atoms with van der Waals surface area (Å²) < 4.78 is 6.00. The van der Waals surface area contributed by atoms with Crippen LogP contribution in [0, 0.1) is 0 Å². The van der Waals surface area contributed by atoms with Gasteiger partial charge in [0.2, 0.25) is 0 Å². The lowest BCUT2D eigenvalue weighted by molar-refractivity contribution is 0.587. The van der Waals surface area contributed by atoms with Crippen LogP contribution in [0.4, 0.5) is 5.69 Å². The van der Waals surface area contributed by atoms with E-state index in [0.29, 0.717) is 12.0 Å². The van der Waals surface area contributed by atoms with E-state index >= 15 is 0 Å². The zero-order valence-corrected chi connectivity index (χ0v) is 10.8. The second-order valence-corrected chi connectivity index (χ2v) is 5.47. The van der Waals surface area contributed by atoms with Crippen molar-refractivity contribution >= 4 is 22.7 Å². The van der Waals surface area contributed by atoms with Gasteiger partial charge in [0.15, 0.2) is 0 Å². The van der Waals surface area contributed by atoms with Gasteiger partial charge < -0.3 is 9.73 Å². The number of furan rings is 1. The number of rotatable bonds is 0. The molecule has 5 rings (SSSR count). The SMILES string of the molecule is C1=CC2Nc3ccccc3C2c2c1oc1ccccc21. The van der Waals surface area contributed by atoms with Gasteiger partial charge in [0.25, 0.3) is 0 Å². The molecule has 0 bridgehead atoms. The van der Waals surface area contributed by atoms with Gasteiger partial charge in [-0.05, 0) is 23.8 Å². The van der Waals surface area contributed by atoms with Crippen LogP contribution in [-0.2, 0) is 0 Å². The van der Waals surface area contributed by atoms with Crippen molar-refractivity contribution in [1.82, 2.24) is 0 Å². The first kappa shape index (κ1) is 10.3. The molecule has 96 valence electrons. The lowest BCUT2D eigenvalue weighted by Gasteiger charge is -2.21. The maximum absolute atomic E-state index is 6.00. The lowest BCUT2D eigenvalue weighted by Crippen LogP contribution is -2.21. The molecule has 2 aliphatic rings. The maximum Gasteiger partial charge on any atom is 0.135 e. The number of benzene rings is 2. The fourth-order valence-corrected chi connectivity index (χ4v) is 3.57. The first-order chi connectivity index (χ1) is 9.92. The first-order valence-electron chi connectivity index (χ1n) is 6.97. The zero-order valence-electron chi connectivity index (χ0n) is 10.8. The highest BCUT2D eigenvalue weighted by Crippen LogP contribution is 2.47. The molecule has 0 amide bonds. The minimum absolute atomic E-state index is 0.334. The van der Waals surface area contributed by atoms with Gasteiger partial charge in [-0.15, -0.1) is 0 Å². The fourth-order valence-electron chi connectivity index (χ4n) is 3.57. The Hall–Kier alpha value is -2.48. The Bertz CT molecular complexity index is 859. The van der Waals surface area contributed by atoms with Crippen LogP contribution in [0.3, 0.4) is 0 Å². The van der Waals surface area contributed by atoms with Crippen molar-refractivity contribution in [3.63, 3.8) is 0 Å². The molecule has 0 saturated carbocycles. The predicted octanol–water partition coefficient (Wildman–Crippen LogP) is 4.39. The summed E-state index contributed by atoms with van der Waals surface area (Å²) in [5.74, 6) is 1.36. The predicted molar refractivity (Wildman–Crippen MR) is 80.9 cm³/mol. The zero-order chi connectivity index (χ0) is 13.1. The molecule has 0 radical (unpaired) electrons. The van der Waals surface area contributed by atoms with Gasteiger partial charge in [-0.1, -0.05) is 42.5 Å². The van der Waals surface area contributed by atoms with Crippen LogP contribution in [0.1, 0.15) is 22.8 Å². The highest BCUT2D eigenvalue weighted by atomic mass is 16.3. The van der Waals surface area contributed by atoms with Gasteiger partial charge in [0.1, 0.15) is 11.3 Å². The molecule has 3 aromatic rings. The normalized spacial score (nSPS) is 22.2. The molecule has 2 unspecified atom stereocenters. The monoisotopic (exact) mass is 259 g/mol. The van der Waals surface area contributed by atoms with E-state index in [-0.39, 0.29) is 0 Å². The van der Waals surface area contributed by atoms with Crippen molar-refractivity contribution in [2.45, 2.75) is 12.0 Å². The molecule has 2 aromatic carbocycles. The summed E-state index contributed by atoms with van der Waals surface area (Å²) >= 11 is 0. The summed E-state index contributed by atoms with van der Waals surface area (Å²) in [6.45, 7) is 0. The number of anilines is 1. The fraction of sp³-hybridized carbons (Fsp3) is 0.111. The van der Waals surface area contributed by atoms with Crippen molar-refractivity contribution in [3.05, 3.63) is 71.5 Å². The summed E-state index contributed by atoms with van der Waals surface area (Å²) in [6.07, 6.45) is 4.32.